The second-order valence-electron chi connectivity index (χ2n) is 6.29. The molecule has 1 atom stereocenters. The molecular formula is C19H36O2. The van der Waals surface area contributed by atoms with Crippen LogP contribution in [0.5, 0.6) is 0 Å². The Morgan fingerprint density at radius 3 is 1.81 bits per heavy atom. The van der Waals surface area contributed by atoms with Crippen molar-refractivity contribution in [2.75, 3.05) is 0 Å². The van der Waals surface area contributed by atoms with Crippen molar-refractivity contribution in [2.24, 2.45) is 5.92 Å². The highest BCUT2D eigenvalue weighted by molar-refractivity contribution is 5.85. The Bertz CT molecular complexity index is 281. The van der Waals surface area contributed by atoms with Crippen molar-refractivity contribution in [3.63, 3.8) is 0 Å². The molecule has 0 saturated carbocycles. The lowest BCUT2D eigenvalue weighted by Gasteiger charge is -2.10. The van der Waals surface area contributed by atoms with Crippen LogP contribution in [0.25, 0.3) is 0 Å². The van der Waals surface area contributed by atoms with Crippen molar-refractivity contribution in [3.05, 3.63) is 11.6 Å². The van der Waals surface area contributed by atoms with E-state index in [9.17, 15) is 4.79 Å². The number of aliphatic carboxylic acids is 1. The molecule has 0 heterocycles. The van der Waals surface area contributed by atoms with Gasteiger partial charge in [-0.3, -0.25) is 0 Å². The topological polar surface area (TPSA) is 37.3 Å². The zero-order valence-electron chi connectivity index (χ0n) is 14.5. The largest absolute Gasteiger partial charge is 0.478 e. The molecule has 21 heavy (non-hydrogen) atoms. The van der Waals surface area contributed by atoms with Crippen LogP contribution in [0.2, 0.25) is 0 Å². The molecule has 0 saturated heterocycles. The van der Waals surface area contributed by atoms with Gasteiger partial charge in [0.2, 0.25) is 0 Å². The van der Waals surface area contributed by atoms with Gasteiger partial charge < -0.3 is 5.11 Å². The number of rotatable bonds is 14. The summed E-state index contributed by atoms with van der Waals surface area (Å²) in [6.45, 7) is 6.10. The maximum atomic E-state index is 10.8. The van der Waals surface area contributed by atoms with Gasteiger partial charge in [0, 0.05) is 5.57 Å². The van der Waals surface area contributed by atoms with Gasteiger partial charge in [0.15, 0.2) is 0 Å². The lowest BCUT2D eigenvalue weighted by Crippen LogP contribution is -2.02. The first-order chi connectivity index (χ1) is 10.1. The van der Waals surface area contributed by atoms with E-state index in [4.69, 9.17) is 5.11 Å². The summed E-state index contributed by atoms with van der Waals surface area (Å²) in [5.74, 6) is -0.341. The maximum Gasteiger partial charge on any atom is 0.330 e. The Labute approximate surface area is 132 Å². The molecule has 0 aliphatic rings. The van der Waals surface area contributed by atoms with Crippen molar-refractivity contribution in [1.82, 2.24) is 0 Å². The van der Waals surface area contributed by atoms with Gasteiger partial charge in [-0.1, -0.05) is 84.1 Å². The van der Waals surface area contributed by atoms with Gasteiger partial charge in [0.25, 0.3) is 0 Å². The van der Waals surface area contributed by atoms with Gasteiger partial charge in [-0.05, 0) is 25.7 Å². The van der Waals surface area contributed by atoms with Gasteiger partial charge in [-0.15, -0.1) is 0 Å². The summed E-state index contributed by atoms with van der Waals surface area (Å²) >= 11 is 0. The fourth-order valence-corrected chi connectivity index (χ4v) is 2.72. The van der Waals surface area contributed by atoms with Crippen LogP contribution in [0.15, 0.2) is 11.6 Å². The van der Waals surface area contributed by atoms with Crippen molar-refractivity contribution in [3.8, 4) is 0 Å². The van der Waals surface area contributed by atoms with E-state index in [2.05, 4.69) is 13.8 Å². The van der Waals surface area contributed by atoms with Gasteiger partial charge in [-0.2, -0.15) is 0 Å². The van der Waals surface area contributed by atoms with Crippen molar-refractivity contribution < 1.29 is 9.90 Å². The van der Waals surface area contributed by atoms with E-state index in [1.54, 1.807) is 6.92 Å². The molecule has 2 heteroatoms. The summed E-state index contributed by atoms with van der Waals surface area (Å²) in [7, 11) is 0. The average Bonchev–Trinajstić information content (AvgIpc) is 2.47. The Morgan fingerprint density at radius 1 is 0.905 bits per heavy atom. The molecule has 0 aromatic carbocycles. The van der Waals surface area contributed by atoms with Gasteiger partial charge in [-0.25, -0.2) is 4.79 Å². The van der Waals surface area contributed by atoms with Crippen LogP contribution in [0.1, 0.15) is 97.8 Å². The molecule has 0 aromatic rings. The average molecular weight is 296 g/mol. The molecule has 1 unspecified atom stereocenters. The summed E-state index contributed by atoms with van der Waals surface area (Å²) < 4.78 is 0. The monoisotopic (exact) mass is 296 g/mol. The second-order valence-corrected chi connectivity index (χ2v) is 6.29. The minimum Gasteiger partial charge on any atom is -0.478 e. The fraction of sp³-hybridized carbons (Fsp3) is 0.842. The normalized spacial score (nSPS) is 13.4. The molecule has 0 radical (unpaired) electrons. The number of carboxylic acid groups (broad SMARTS) is 1. The van der Waals surface area contributed by atoms with Crippen LogP contribution >= 0.6 is 0 Å². The summed E-state index contributed by atoms with van der Waals surface area (Å²) in [6, 6.07) is 0. The Kier molecular flexibility index (Phi) is 13.6. The van der Waals surface area contributed by atoms with Crippen LogP contribution in [0, 0.1) is 5.92 Å². The van der Waals surface area contributed by atoms with E-state index in [-0.39, 0.29) is 0 Å². The summed E-state index contributed by atoms with van der Waals surface area (Å²) in [4.78, 5) is 10.8. The SMILES string of the molecule is CCCCCCCCCCCCC(C=C(C)C(=O)O)CC. The summed E-state index contributed by atoms with van der Waals surface area (Å²) in [5, 5.41) is 8.90. The molecule has 1 N–H and O–H groups in total. The quantitative estimate of drug-likeness (QED) is 0.299. The number of unbranched alkanes of at least 4 members (excludes halogenated alkanes) is 9. The number of allylic oxidation sites excluding steroid dienone is 1. The van der Waals surface area contributed by atoms with Gasteiger partial charge >= 0.3 is 5.97 Å². The highest BCUT2D eigenvalue weighted by Gasteiger charge is 2.06. The third-order valence-electron chi connectivity index (χ3n) is 4.28. The van der Waals surface area contributed by atoms with Crippen LogP contribution in [-0.2, 0) is 4.79 Å². The smallest absolute Gasteiger partial charge is 0.330 e. The molecule has 0 rings (SSSR count). The van der Waals surface area contributed by atoms with Crippen LogP contribution in [0.4, 0.5) is 0 Å². The van der Waals surface area contributed by atoms with E-state index in [1.165, 1.54) is 64.2 Å². The lowest BCUT2D eigenvalue weighted by molar-refractivity contribution is -0.132. The van der Waals surface area contributed by atoms with Crippen LogP contribution in [-0.4, -0.2) is 11.1 Å². The first kappa shape index (κ1) is 20.2. The van der Waals surface area contributed by atoms with E-state index in [0.29, 0.717) is 11.5 Å². The third-order valence-corrected chi connectivity index (χ3v) is 4.28. The minimum absolute atomic E-state index is 0.440. The highest BCUT2D eigenvalue weighted by atomic mass is 16.4. The Hall–Kier alpha value is -0.790. The van der Waals surface area contributed by atoms with E-state index < -0.39 is 5.97 Å². The molecule has 0 fully saturated rings. The molecule has 124 valence electrons. The second kappa shape index (κ2) is 14.2. The molecule has 0 aliphatic carbocycles. The molecule has 0 bridgehead atoms. The highest BCUT2D eigenvalue weighted by Crippen LogP contribution is 2.18. The predicted octanol–water partition coefficient (Wildman–Crippen LogP) is 6.35. The Balaban J connectivity index is 3.52. The molecule has 2 nitrogen and oxygen atoms in total. The predicted molar refractivity (Wildman–Crippen MR) is 91.6 cm³/mol. The van der Waals surface area contributed by atoms with Crippen LogP contribution in [0.3, 0.4) is 0 Å². The van der Waals surface area contributed by atoms with E-state index in [0.717, 1.165) is 12.8 Å². The molecule has 0 aliphatic heterocycles. The molecular weight excluding hydrogens is 260 g/mol. The fourth-order valence-electron chi connectivity index (χ4n) is 2.72. The third kappa shape index (κ3) is 12.6. The zero-order valence-corrected chi connectivity index (χ0v) is 14.5. The maximum absolute atomic E-state index is 10.8. The number of carboxylic acids is 1. The van der Waals surface area contributed by atoms with Crippen molar-refractivity contribution >= 4 is 5.97 Å². The number of hydrogen-bond acceptors (Lipinski definition) is 1. The first-order valence-corrected chi connectivity index (χ1v) is 9.03. The molecule has 0 aromatic heterocycles. The standard InChI is InChI=1S/C19H36O2/c1-4-6-7-8-9-10-11-12-13-14-15-18(5-2)16-17(3)19(20)21/h16,18H,4-15H2,1-3H3,(H,20,21). The summed E-state index contributed by atoms with van der Waals surface area (Å²) in [5.41, 5.74) is 0.494. The first-order valence-electron chi connectivity index (χ1n) is 9.03. The zero-order chi connectivity index (χ0) is 15.9. The number of carbonyl (C=O) groups is 1. The van der Waals surface area contributed by atoms with Crippen LogP contribution < -0.4 is 0 Å². The molecule has 0 spiro atoms. The lowest BCUT2D eigenvalue weighted by atomic mass is 9.95. The van der Waals surface area contributed by atoms with Crippen molar-refractivity contribution in [2.45, 2.75) is 97.8 Å². The van der Waals surface area contributed by atoms with Crippen molar-refractivity contribution in [1.29, 1.82) is 0 Å². The summed E-state index contributed by atoms with van der Waals surface area (Å²) in [6.07, 6.45) is 17.7. The van der Waals surface area contributed by atoms with E-state index in [1.807, 2.05) is 6.08 Å². The van der Waals surface area contributed by atoms with Gasteiger partial charge in [0.1, 0.15) is 0 Å². The molecule has 0 amide bonds. The van der Waals surface area contributed by atoms with Gasteiger partial charge in [0.05, 0.1) is 0 Å². The number of hydrogen-bond donors (Lipinski definition) is 1. The minimum atomic E-state index is -0.781. The van der Waals surface area contributed by atoms with E-state index >= 15 is 0 Å². The Morgan fingerprint density at radius 2 is 1.38 bits per heavy atom.